The van der Waals surface area contributed by atoms with Crippen LogP contribution in [-0.2, 0) is 16.1 Å². The van der Waals surface area contributed by atoms with Gasteiger partial charge in [-0.3, -0.25) is 9.59 Å². The summed E-state index contributed by atoms with van der Waals surface area (Å²) in [7, 11) is 1.50. The zero-order valence-corrected chi connectivity index (χ0v) is 16.8. The molecule has 6 nitrogen and oxygen atoms in total. The van der Waals surface area contributed by atoms with Crippen molar-refractivity contribution in [3.05, 3.63) is 23.8 Å². The van der Waals surface area contributed by atoms with Gasteiger partial charge in [0.15, 0.2) is 11.5 Å². The van der Waals surface area contributed by atoms with Crippen LogP contribution in [0.5, 0.6) is 11.5 Å². The van der Waals surface area contributed by atoms with E-state index in [9.17, 15) is 14.7 Å². The van der Waals surface area contributed by atoms with Crippen LogP contribution in [0.4, 0.5) is 0 Å². The maximum atomic E-state index is 12.5. The number of rotatable bonds is 6. The number of methoxy groups -OCH3 is 1. The number of phenols is 1. The van der Waals surface area contributed by atoms with Crippen molar-refractivity contribution >= 4 is 11.8 Å². The first-order valence-corrected chi connectivity index (χ1v) is 10.5. The zero-order valence-electron chi connectivity index (χ0n) is 16.8. The standard InChI is InChI=1S/C22H32N2O4/c1-28-20-13-17(7-8-19(20)25)15-23-22(27)18-9-11-24(12-10-18)21(26)14-16-5-3-2-4-6-16/h7-8,13,16,18,25H,2-6,9-12,14-15H2,1H3,(H,23,27). The van der Waals surface area contributed by atoms with E-state index in [4.69, 9.17) is 4.74 Å². The van der Waals surface area contributed by atoms with E-state index in [0.717, 1.165) is 18.4 Å². The summed E-state index contributed by atoms with van der Waals surface area (Å²) in [6, 6.07) is 5.06. The van der Waals surface area contributed by atoms with Gasteiger partial charge in [0, 0.05) is 32.0 Å². The van der Waals surface area contributed by atoms with Crippen LogP contribution in [0, 0.1) is 11.8 Å². The normalized spacial score (nSPS) is 18.7. The molecule has 1 heterocycles. The number of carbonyl (C=O) groups is 2. The van der Waals surface area contributed by atoms with Crippen molar-refractivity contribution in [2.75, 3.05) is 20.2 Å². The Morgan fingerprint density at radius 2 is 1.86 bits per heavy atom. The lowest BCUT2D eigenvalue weighted by Gasteiger charge is -2.33. The second kappa shape index (κ2) is 9.80. The number of nitrogens with zero attached hydrogens (tertiary/aromatic N) is 1. The molecule has 154 valence electrons. The van der Waals surface area contributed by atoms with Crippen molar-refractivity contribution in [2.45, 2.75) is 57.9 Å². The molecular weight excluding hydrogens is 356 g/mol. The third-order valence-corrected chi connectivity index (χ3v) is 6.12. The smallest absolute Gasteiger partial charge is 0.223 e. The molecule has 2 amide bonds. The fourth-order valence-electron chi connectivity index (χ4n) is 4.32. The number of ether oxygens (including phenoxy) is 1. The lowest BCUT2D eigenvalue weighted by Crippen LogP contribution is -2.43. The number of phenolic OH excluding ortho intramolecular Hbond substituents is 1. The quantitative estimate of drug-likeness (QED) is 0.784. The number of likely N-dealkylation sites (tertiary alicyclic amines) is 1. The predicted octanol–water partition coefficient (Wildman–Crippen LogP) is 3.23. The minimum atomic E-state index is -0.0438. The molecule has 28 heavy (non-hydrogen) atoms. The molecule has 2 fully saturated rings. The number of carbonyl (C=O) groups excluding carboxylic acids is 2. The molecular formula is C22H32N2O4. The Balaban J connectivity index is 1.41. The molecule has 1 saturated heterocycles. The lowest BCUT2D eigenvalue weighted by atomic mass is 9.86. The van der Waals surface area contributed by atoms with Crippen molar-refractivity contribution in [3.8, 4) is 11.5 Å². The minimum Gasteiger partial charge on any atom is -0.504 e. The molecule has 2 aliphatic rings. The molecule has 1 aliphatic carbocycles. The molecule has 0 aromatic heterocycles. The average molecular weight is 389 g/mol. The fourth-order valence-corrected chi connectivity index (χ4v) is 4.32. The second-order valence-electron chi connectivity index (χ2n) is 8.09. The summed E-state index contributed by atoms with van der Waals surface area (Å²) < 4.78 is 5.10. The molecule has 1 aromatic carbocycles. The van der Waals surface area contributed by atoms with Crippen LogP contribution in [-0.4, -0.2) is 42.0 Å². The highest BCUT2D eigenvalue weighted by atomic mass is 16.5. The maximum absolute atomic E-state index is 12.5. The topological polar surface area (TPSA) is 78.9 Å². The monoisotopic (exact) mass is 388 g/mol. The number of aromatic hydroxyl groups is 1. The Kier molecular flexibility index (Phi) is 7.18. The van der Waals surface area contributed by atoms with E-state index in [1.807, 2.05) is 4.90 Å². The van der Waals surface area contributed by atoms with Crippen LogP contribution in [0.25, 0.3) is 0 Å². The molecule has 0 bridgehead atoms. The third kappa shape index (κ3) is 5.40. The largest absolute Gasteiger partial charge is 0.504 e. The highest BCUT2D eigenvalue weighted by Gasteiger charge is 2.28. The number of benzene rings is 1. The molecule has 0 unspecified atom stereocenters. The van der Waals surface area contributed by atoms with E-state index in [0.29, 0.717) is 37.7 Å². The molecule has 1 aliphatic heterocycles. The summed E-state index contributed by atoms with van der Waals surface area (Å²) in [6.45, 7) is 1.75. The van der Waals surface area contributed by atoms with E-state index in [1.165, 1.54) is 39.2 Å². The van der Waals surface area contributed by atoms with Crippen molar-refractivity contribution < 1.29 is 19.4 Å². The second-order valence-corrected chi connectivity index (χ2v) is 8.09. The van der Waals surface area contributed by atoms with Crippen molar-refractivity contribution in [2.24, 2.45) is 11.8 Å². The molecule has 0 atom stereocenters. The van der Waals surface area contributed by atoms with Gasteiger partial charge in [0.05, 0.1) is 7.11 Å². The van der Waals surface area contributed by atoms with E-state index >= 15 is 0 Å². The number of hydrogen-bond donors (Lipinski definition) is 2. The number of nitrogens with one attached hydrogen (secondary N) is 1. The van der Waals surface area contributed by atoms with Gasteiger partial charge in [0.1, 0.15) is 0 Å². The molecule has 1 saturated carbocycles. The highest BCUT2D eigenvalue weighted by Crippen LogP contribution is 2.28. The Morgan fingerprint density at radius 1 is 1.14 bits per heavy atom. The van der Waals surface area contributed by atoms with Crippen LogP contribution in [0.2, 0.25) is 0 Å². The summed E-state index contributed by atoms with van der Waals surface area (Å²) in [5.74, 6) is 1.30. The van der Waals surface area contributed by atoms with Crippen molar-refractivity contribution in [3.63, 3.8) is 0 Å². The van der Waals surface area contributed by atoms with Crippen LogP contribution in [0.3, 0.4) is 0 Å². The van der Waals surface area contributed by atoms with Gasteiger partial charge in [0.25, 0.3) is 0 Å². The Labute approximate surface area is 167 Å². The van der Waals surface area contributed by atoms with E-state index in [2.05, 4.69) is 5.32 Å². The molecule has 6 heteroatoms. The summed E-state index contributed by atoms with van der Waals surface area (Å²) in [5, 5.41) is 12.6. The van der Waals surface area contributed by atoms with Crippen LogP contribution in [0.15, 0.2) is 18.2 Å². The average Bonchev–Trinajstić information content (AvgIpc) is 2.73. The zero-order chi connectivity index (χ0) is 19.9. The Bertz CT molecular complexity index is 677. The molecule has 0 radical (unpaired) electrons. The third-order valence-electron chi connectivity index (χ3n) is 6.12. The first-order valence-electron chi connectivity index (χ1n) is 10.5. The predicted molar refractivity (Wildman–Crippen MR) is 107 cm³/mol. The molecule has 0 spiro atoms. The van der Waals surface area contributed by atoms with Gasteiger partial charge in [-0.25, -0.2) is 0 Å². The summed E-state index contributed by atoms with van der Waals surface area (Å²) >= 11 is 0. The Hall–Kier alpha value is -2.24. The molecule has 3 rings (SSSR count). The molecule has 2 N–H and O–H groups in total. The molecule has 1 aromatic rings. The first-order chi connectivity index (χ1) is 13.6. The van der Waals surface area contributed by atoms with Gasteiger partial charge in [-0.05, 0) is 49.3 Å². The maximum Gasteiger partial charge on any atom is 0.223 e. The SMILES string of the molecule is COc1cc(CNC(=O)C2CCN(C(=O)CC3CCCCC3)CC2)ccc1O. The van der Waals surface area contributed by atoms with Crippen molar-refractivity contribution in [1.82, 2.24) is 10.2 Å². The summed E-state index contributed by atoms with van der Waals surface area (Å²) in [6.07, 6.45) is 8.32. The van der Waals surface area contributed by atoms with E-state index in [1.54, 1.807) is 18.2 Å². The van der Waals surface area contributed by atoms with Crippen LogP contribution < -0.4 is 10.1 Å². The van der Waals surface area contributed by atoms with E-state index < -0.39 is 0 Å². The van der Waals surface area contributed by atoms with Crippen LogP contribution in [0.1, 0.15) is 56.9 Å². The minimum absolute atomic E-state index is 0.0337. The lowest BCUT2D eigenvalue weighted by molar-refractivity contribution is -0.136. The van der Waals surface area contributed by atoms with Gasteiger partial charge in [0.2, 0.25) is 11.8 Å². The van der Waals surface area contributed by atoms with Gasteiger partial charge in [-0.1, -0.05) is 25.3 Å². The van der Waals surface area contributed by atoms with Crippen molar-refractivity contribution in [1.29, 1.82) is 0 Å². The van der Waals surface area contributed by atoms with Gasteiger partial charge in [-0.2, -0.15) is 0 Å². The number of hydrogen-bond acceptors (Lipinski definition) is 4. The van der Waals surface area contributed by atoms with Gasteiger partial charge in [-0.15, -0.1) is 0 Å². The van der Waals surface area contributed by atoms with E-state index in [-0.39, 0.29) is 23.5 Å². The van der Waals surface area contributed by atoms with Gasteiger partial charge < -0.3 is 20.1 Å². The van der Waals surface area contributed by atoms with Crippen LogP contribution >= 0.6 is 0 Å². The number of piperidine rings is 1. The van der Waals surface area contributed by atoms with Gasteiger partial charge >= 0.3 is 0 Å². The Morgan fingerprint density at radius 3 is 2.54 bits per heavy atom. The fraction of sp³-hybridized carbons (Fsp3) is 0.636. The summed E-state index contributed by atoms with van der Waals surface area (Å²) in [4.78, 5) is 27.0. The highest BCUT2D eigenvalue weighted by molar-refractivity contribution is 5.80. The first kappa shape index (κ1) is 20.5. The number of amides is 2. The summed E-state index contributed by atoms with van der Waals surface area (Å²) in [5.41, 5.74) is 0.878.